The van der Waals surface area contributed by atoms with Crippen molar-refractivity contribution in [3.63, 3.8) is 0 Å². The van der Waals surface area contributed by atoms with E-state index in [4.69, 9.17) is 0 Å². The Kier molecular flexibility index (Phi) is 5.24. The van der Waals surface area contributed by atoms with Crippen LogP contribution < -0.4 is 0 Å². The number of rotatable bonds is 5. The number of aromatic nitrogens is 1. The number of carbonyl (C=O) groups is 2. The summed E-state index contributed by atoms with van der Waals surface area (Å²) in [6.45, 7) is 1.96. The quantitative estimate of drug-likeness (QED) is 0.332. The standard InChI is InChI=1S/C22H17N3O4S/c1-15-10-11-18(24(15)17-7-3-2-4-8-17)13-20-21(26)23(22(27)30-20)14-16-6-5-9-19(12-16)25(28)29/h2-13H,14H2,1H3/b20-13-. The van der Waals surface area contributed by atoms with Crippen molar-refractivity contribution in [2.45, 2.75) is 13.5 Å². The van der Waals surface area contributed by atoms with Gasteiger partial charge in [-0.1, -0.05) is 30.3 Å². The number of non-ortho nitro benzene ring substituents is 1. The third kappa shape index (κ3) is 3.77. The van der Waals surface area contributed by atoms with Gasteiger partial charge >= 0.3 is 0 Å². The highest BCUT2D eigenvalue weighted by molar-refractivity contribution is 8.18. The third-order valence-corrected chi connectivity index (χ3v) is 5.64. The van der Waals surface area contributed by atoms with Crippen molar-refractivity contribution in [2.75, 3.05) is 0 Å². The molecule has 0 atom stereocenters. The molecule has 7 nitrogen and oxygen atoms in total. The Labute approximate surface area is 176 Å². The minimum Gasteiger partial charge on any atom is -0.314 e. The molecule has 0 radical (unpaired) electrons. The monoisotopic (exact) mass is 419 g/mol. The van der Waals surface area contributed by atoms with Crippen LogP contribution in [0.25, 0.3) is 11.8 Å². The van der Waals surface area contributed by atoms with Crippen LogP contribution in [0, 0.1) is 17.0 Å². The number of aryl methyl sites for hydroxylation is 1. The number of benzene rings is 2. The number of nitro groups is 1. The largest absolute Gasteiger partial charge is 0.314 e. The number of para-hydroxylation sites is 1. The fraction of sp³-hybridized carbons (Fsp3) is 0.0909. The predicted molar refractivity (Wildman–Crippen MR) is 115 cm³/mol. The van der Waals surface area contributed by atoms with Gasteiger partial charge in [-0.05, 0) is 54.6 Å². The van der Waals surface area contributed by atoms with Gasteiger partial charge in [0.15, 0.2) is 0 Å². The van der Waals surface area contributed by atoms with Gasteiger partial charge < -0.3 is 4.57 Å². The van der Waals surface area contributed by atoms with Crippen molar-refractivity contribution in [2.24, 2.45) is 0 Å². The van der Waals surface area contributed by atoms with Gasteiger partial charge in [0, 0.05) is 29.2 Å². The minimum atomic E-state index is -0.503. The van der Waals surface area contributed by atoms with Crippen molar-refractivity contribution < 1.29 is 14.5 Å². The zero-order valence-electron chi connectivity index (χ0n) is 16.0. The highest BCUT2D eigenvalue weighted by Gasteiger charge is 2.35. The molecular weight excluding hydrogens is 402 g/mol. The van der Waals surface area contributed by atoms with Crippen LogP contribution in [0.2, 0.25) is 0 Å². The van der Waals surface area contributed by atoms with Gasteiger partial charge in [-0.25, -0.2) is 0 Å². The lowest BCUT2D eigenvalue weighted by Crippen LogP contribution is -2.27. The zero-order chi connectivity index (χ0) is 21.3. The number of thioether (sulfide) groups is 1. The van der Waals surface area contributed by atoms with E-state index in [0.717, 1.165) is 33.7 Å². The summed E-state index contributed by atoms with van der Waals surface area (Å²) in [7, 11) is 0. The van der Waals surface area contributed by atoms with Gasteiger partial charge in [-0.2, -0.15) is 0 Å². The summed E-state index contributed by atoms with van der Waals surface area (Å²) in [5.41, 5.74) is 3.20. The van der Waals surface area contributed by atoms with Crippen LogP contribution in [0.5, 0.6) is 0 Å². The molecule has 1 aliphatic rings. The molecule has 1 aromatic heterocycles. The van der Waals surface area contributed by atoms with Crippen LogP contribution in [0.1, 0.15) is 17.0 Å². The predicted octanol–water partition coefficient (Wildman–Crippen LogP) is 4.93. The second-order valence-electron chi connectivity index (χ2n) is 6.77. The fourth-order valence-corrected chi connectivity index (χ4v) is 4.15. The lowest BCUT2D eigenvalue weighted by atomic mass is 10.2. The summed E-state index contributed by atoms with van der Waals surface area (Å²) in [4.78, 5) is 37.2. The molecule has 1 fully saturated rings. The lowest BCUT2D eigenvalue weighted by molar-refractivity contribution is -0.384. The second-order valence-corrected chi connectivity index (χ2v) is 7.76. The topological polar surface area (TPSA) is 85.5 Å². The molecule has 1 aliphatic heterocycles. The number of hydrogen-bond donors (Lipinski definition) is 0. The van der Waals surface area contributed by atoms with E-state index in [0.29, 0.717) is 10.5 Å². The number of imide groups is 1. The molecule has 2 aromatic carbocycles. The highest BCUT2D eigenvalue weighted by atomic mass is 32.2. The Balaban J connectivity index is 1.62. The molecular formula is C22H17N3O4S. The van der Waals surface area contributed by atoms with Crippen molar-refractivity contribution in [3.8, 4) is 5.69 Å². The smallest absolute Gasteiger partial charge is 0.293 e. The molecule has 0 N–H and O–H groups in total. The van der Waals surface area contributed by atoms with Gasteiger partial charge in [-0.15, -0.1) is 0 Å². The SMILES string of the molecule is Cc1ccc(/C=C2\SC(=O)N(Cc3cccc([N+](=O)[O-])c3)C2=O)n1-c1ccccc1. The first-order valence-electron chi connectivity index (χ1n) is 9.16. The van der Waals surface area contributed by atoms with Gasteiger partial charge in [0.1, 0.15) is 0 Å². The number of carbonyl (C=O) groups excluding carboxylic acids is 2. The van der Waals surface area contributed by atoms with E-state index in [1.807, 2.05) is 54.0 Å². The lowest BCUT2D eigenvalue weighted by Gasteiger charge is -2.12. The first-order chi connectivity index (χ1) is 14.4. The van der Waals surface area contributed by atoms with Gasteiger partial charge in [0.25, 0.3) is 16.8 Å². The molecule has 0 saturated carbocycles. The van der Waals surface area contributed by atoms with E-state index in [1.54, 1.807) is 12.1 Å². The van der Waals surface area contributed by atoms with E-state index in [2.05, 4.69) is 0 Å². The van der Waals surface area contributed by atoms with Crippen LogP contribution in [-0.2, 0) is 11.3 Å². The van der Waals surface area contributed by atoms with Crippen molar-refractivity contribution in [3.05, 3.63) is 98.7 Å². The first kappa shape index (κ1) is 19.7. The summed E-state index contributed by atoms with van der Waals surface area (Å²) >= 11 is 0.871. The van der Waals surface area contributed by atoms with E-state index in [-0.39, 0.29) is 12.2 Å². The molecule has 4 rings (SSSR count). The maximum absolute atomic E-state index is 12.9. The van der Waals surface area contributed by atoms with E-state index >= 15 is 0 Å². The van der Waals surface area contributed by atoms with E-state index in [9.17, 15) is 19.7 Å². The summed E-state index contributed by atoms with van der Waals surface area (Å²) in [6, 6.07) is 19.5. The normalized spacial score (nSPS) is 15.2. The molecule has 8 heteroatoms. The maximum atomic E-state index is 12.9. The molecule has 0 spiro atoms. The van der Waals surface area contributed by atoms with Crippen LogP contribution in [0.4, 0.5) is 10.5 Å². The second kappa shape index (κ2) is 8.00. The Morgan fingerprint density at radius 2 is 1.80 bits per heavy atom. The Morgan fingerprint density at radius 1 is 1.03 bits per heavy atom. The molecule has 0 unspecified atom stereocenters. The molecule has 1 saturated heterocycles. The fourth-order valence-electron chi connectivity index (χ4n) is 3.32. The van der Waals surface area contributed by atoms with Crippen LogP contribution >= 0.6 is 11.8 Å². The summed E-state index contributed by atoms with van der Waals surface area (Å²) in [5.74, 6) is -0.407. The van der Waals surface area contributed by atoms with Gasteiger partial charge in [0.05, 0.1) is 16.4 Å². The first-order valence-corrected chi connectivity index (χ1v) is 9.98. The highest BCUT2D eigenvalue weighted by Crippen LogP contribution is 2.34. The van der Waals surface area contributed by atoms with E-state index in [1.165, 1.54) is 18.2 Å². The maximum Gasteiger partial charge on any atom is 0.293 e. The third-order valence-electron chi connectivity index (χ3n) is 4.74. The molecule has 2 heterocycles. The molecule has 0 bridgehead atoms. The minimum absolute atomic E-state index is 0.0115. The van der Waals surface area contributed by atoms with Crippen LogP contribution in [0.15, 0.2) is 71.6 Å². The van der Waals surface area contributed by atoms with Crippen molar-refractivity contribution >= 4 is 34.7 Å². The number of amides is 2. The Bertz CT molecular complexity index is 1180. The average molecular weight is 419 g/mol. The summed E-state index contributed by atoms with van der Waals surface area (Å²) < 4.78 is 2.01. The van der Waals surface area contributed by atoms with Crippen molar-refractivity contribution in [1.29, 1.82) is 0 Å². The zero-order valence-corrected chi connectivity index (χ0v) is 16.8. The number of hydrogen-bond acceptors (Lipinski definition) is 5. The molecule has 30 heavy (non-hydrogen) atoms. The summed E-state index contributed by atoms with van der Waals surface area (Å²) in [6.07, 6.45) is 1.71. The Hall–Kier alpha value is -3.65. The average Bonchev–Trinajstić information content (AvgIpc) is 3.23. The van der Waals surface area contributed by atoms with Crippen molar-refractivity contribution in [1.82, 2.24) is 9.47 Å². The van der Waals surface area contributed by atoms with Crippen LogP contribution in [-0.4, -0.2) is 25.5 Å². The molecule has 3 aromatic rings. The number of nitro benzene ring substituents is 1. The molecule has 0 aliphatic carbocycles. The number of nitrogens with zero attached hydrogens (tertiary/aromatic N) is 3. The van der Waals surface area contributed by atoms with Gasteiger partial charge in [-0.3, -0.25) is 24.6 Å². The Morgan fingerprint density at radius 3 is 2.53 bits per heavy atom. The van der Waals surface area contributed by atoms with Gasteiger partial charge in [0.2, 0.25) is 0 Å². The molecule has 2 amide bonds. The van der Waals surface area contributed by atoms with E-state index < -0.39 is 16.1 Å². The molecule has 150 valence electrons. The van der Waals surface area contributed by atoms with Crippen LogP contribution in [0.3, 0.4) is 0 Å². The summed E-state index contributed by atoms with van der Waals surface area (Å²) in [5, 5.41) is 10.6.